The number of fused-ring (bicyclic) bond motifs is 13. The zero-order valence-electron chi connectivity index (χ0n) is 39.1. The van der Waals surface area contributed by atoms with Crippen molar-refractivity contribution < 1.29 is 0 Å². The molecule has 4 aliphatic rings. The summed E-state index contributed by atoms with van der Waals surface area (Å²) in [7, 11) is 0. The van der Waals surface area contributed by atoms with E-state index >= 15 is 0 Å². The summed E-state index contributed by atoms with van der Waals surface area (Å²) in [5, 5.41) is 5.28. The maximum absolute atomic E-state index is 2.76. The molecule has 0 bridgehead atoms. The second-order valence-electron chi connectivity index (χ2n) is 21.3. The Morgan fingerprint density at radius 1 is 0.507 bits per heavy atom. The maximum atomic E-state index is 2.76. The third kappa shape index (κ3) is 5.40. The Morgan fingerprint density at radius 3 is 2.01 bits per heavy atom. The lowest BCUT2D eigenvalue weighted by atomic mass is 9.33. The Kier molecular flexibility index (Phi) is 8.24. The minimum absolute atomic E-state index is 0.0185. The van der Waals surface area contributed by atoms with E-state index in [1.165, 1.54) is 145 Å². The highest BCUT2D eigenvalue weighted by molar-refractivity contribution is 7.26. The number of hydrogen-bond donors (Lipinski definition) is 0. The summed E-state index contributed by atoms with van der Waals surface area (Å²) in [4.78, 5) is 8.03. The Hall–Kier alpha value is -6.34. The van der Waals surface area contributed by atoms with Crippen molar-refractivity contribution in [3.05, 3.63) is 174 Å². The smallest absolute Gasteiger partial charge is 0.252 e. The molecule has 2 atom stereocenters. The van der Waals surface area contributed by atoms with Crippen LogP contribution in [0.4, 0.5) is 45.5 Å². The van der Waals surface area contributed by atoms with Gasteiger partial charge in [0.15, 0.2) is 0 Å². The molecule has 14 rings (SSSR count). The number of para-hydroxylation sites is 1. The maximum Gasteiger partial charge on any atom is 0.252 e. The molecule has 6 heteroatoms. The minimum Gasteiger partial charge on any atom is -0.334 e. The van der Waals surface area contributed by atoms with Crippen LogP contribution in [0.15, 0.2) is 158 Å². The van der Waals surface area contributed by atoms with E-state index in [9.17, 15) is 0 Å². The van der Waals surface area contributed by atoms with E-state index in [2.05, 4.69) is 214 Å². The van der Waals surface area contributed by atoms with E-state index < -0.39 is 0 Å². The lowest BCUT2D eigenvalue weighted by Crippen LogP contribution is -2.61. The van der Waals surface area contributed by atoms with Crippen LogP contribution in [0.25, 0.3) is 40.3 Å². The molecule has 0 saturated heterocycles. The molecule has 5 heterocycles. The van der Waals surface area contributed by atoms with Gasteiger partial charge in [-0.25, -0.2) is 0 Å². The molecule has 0 amide bonds. The van der Waals surface area contributed by atoms with Crippen LogP contribution in [0.2, 0.25) is 0 Å². The SMILES string of the molecule is Cc1cc2c3c(c1)N(c1cccc4sc5ccccc5c14)c1ccc(C(C)(C)C)cc1B3c1ccc(N3c4ccccc4C4(C)CCCCC34C)cc1N2c1ccc2sc3ccccc3c2c1. The average molecular weight is 902 g/mol. The molecule has 0 spiro atoms. The van der Waals surface area contributed by atoms with Crippen LogP contribution >= 0.6 is 22.7 Å². The molecule has 326 valence electrons. The molecule has 1 saturated carbocycles. The van der Waals surface area contributed by atoms with Crippen LogP contribution in [0.5, 0.6) is 0 Å². The highest BCUT2D eigenvalue weighted by Gasteiger charge is 2.58. The minimum atomic E-state index is -0.0504. The second-order valence-corrected chi connectivity index (χ2v) is 23.4. The average Bonchev–Trinajstić information content (AvgIpc) is 3.96. The fraction of sp³-hybridized carbons (Fsp3) is 0.213. The number of thiophene rings is 2. The molecular weight excluding hydrogens is 850 g/mol. The Labute approximate surface area is 402 Å². The Balaban J connectivity index is 1.08. The summed E-state index contributed by atoms with van der Waals surface area (Å²) in [6.45, 7) is 14.5. The Morgan fingerprint density at radius 2 is 1.18 bits per heavy atom. The van der Waals surface area contributed by atoms with Crippen molar-refractivity contribution in [3.63, 3.8) is 0 Å². The first-order valence-corrected chi connectivity index (χ1v) is 25.9. The lowest BCUT2D eigenvalue weighted by Gasteiger charge is -2.50. The van der Waals surface area contributed by atoms with Gasteiger partial charge < -0.3 is 14.7 Å². The largest absolute Gasteiger partial charge is 0.334 e. The van der Waals surface area contributed by atoms with Gasteiger partial charge in [-0.2, -0.15) is 0 Å². The third-order valence-electron chi connectivity index (χ3n) is 16.6. The summed E-state index contributed by atoms with van der Waals surface area (Å²) in [5.74, 6) is 0. The van der Waals surface area contributed by atoms with Crippen molar-refractivity contribution in [2.75, 3.05) is 14.7 Å². The number of aryl methyl sites for hydroxylation is 1. The van der Waals surface area contributed by atoms with Gasteiger partial charge >= 0.3 is 0 Å². The topological polar surface area (TPSA) is 9.72 Å². The fourth-order valence-electron chi connectivity index (χ4n) is 13.2. The van der Waals surface area contributed by atoms with Gasteiger partial charge in [0.1, 0.15) is 0 Å². The van der Waals surface area contributed by atoms with Crippen LogP contribution in [0, 0.1) is 6.92 Å². The highest BCUT2D eigenvalue weighted by Crippen LogP contribution is 2.61. The van der Waals surface area contributed by atoms with Gasteiger partial charge in [0.05, 0.1) is 11.2 Å². The van der Waals surface area contributed by atoms with Crippen molar-refractivity contribution in [1.82, 2.24) is 0 Å². The molecule has 2 aromatic heterocycles. The summed E-state index contributed by atoms with van der Waals surface area (Å²) in [5.41, 5.74) is 18.3. The predicted octanol–water partition coefficient (Wildman–Crippen LogP) is 15.9. The van der Waals surface area contributed by atoms with Gasteiger partial charge in [-0.1, -0.05) is 119 Å². The molecule has 3 aliphatic heterocycles. The van der Waals surface area contributed by atoms with E-state index in [1.54, 1.807) is 0 Å². The standard InChI is InChI=1S/C61H52BN3S2/c1-37-32-51-58-52(33-37)64(49-20-15-23-56-57(49)42-17-8-12-22-54(42)67-56)48-28-24-38(59(2,3)4)34-46(48)62(58)45-27-25-40(65-47-19-10-9-18-44(47)60(5)30-13-14-31-61(60,65)6)36-50(45)63(51)39-26-29-55-43(35-39)41-16-7-11-21-53(41)66-55/h7-12,15-29,32-36H,13-14,30-31H2,1-6H3. The van der Waals surface area contributed by atoms with Crippen molar-refractivity contribution in [2.24, 2.45) is 0 Å². The third-order valence-corrected chi connectivity index (χ3v) is 18.9. The van der Waals surface area contributed by atoms with E-state index in [1.807, 2.05) is 22.7 Å². The Bertz CT molecular complexity index is 3740. The van der Waals surface area contributed by atoms with Gasteiger partial charge in [0, 0.05) is 85.6 Å². The van der Waals surface area contributed by atoms with Gasteiger partial charge in [-0.05, 0) is 144 Å². The molecule has 0 N–H and O–H groups in total. The van der Waals surface area contributed by atoms with E-state index in [-0.39, 0.29) is 23.1 Å². The van der Waals surface area contributed by atoms with Gasteiger partial charge in [-0.15, -0.1) is 22.7 Å². The number of nitrogens with zero attached hydrogens (tertiary/aromatic N) is 3. The van der Waals surface area contributed by atoms with Crippen molar-refractivity contribution in [1.29, 1.82) is 0 Å². The molecule has 1 aliphatic carbocycles. The van der Waals surface area contributed by atoms with Gasteiger partial charge in [0.2, 0.25) is 0 Å². The quantitative estimate of drug-likeness (QED) is 0.164. The summed E-state index contributed by atoms with van der Waals surface area (Å²) < 4.78 is 5.29. The molecule has 0 radical (unpaired) electrons. The number of rotatable bonds is 3. The van der Waals surface area contributed by atoms with Crippen molar-refractivity contribution in [3.8, 4) is 0 Å². The van der Waals surface area contributed by atoms with E-state index in [4.69, 9.17) is 0 Å². The van der Waals surface area contributed by atoms with Crippen LogP contribution in [0.1, 0.15) is 77.0 Å². The van der Waals surface area contributed by atoms with Crippen LogP contribution in [-0.4, -0.2) is 12.3 Å². The molecule has 8 aromatic carbocycles. The first-order valence-electron chi connectivity index (χ1n) is 24.2. The number of hydrogen-bond acceptors (Lipinski definition) is 5. The van der Waals surface area contributed by atoms with Crippen LogP contribution in [0.3, 0.4) is 0 Å². The van der Waals surface area contributed by atoms with Crippen LogP contribution in [-0.2, 0) is 10.8 Å². The highest BCUT2D eigenvalue weighted by atomic mass is 32.1. The first-order chi connectivity index (χ1) is 32.5. The van der Waals surface area contributed by atoms with Gasteiger partial charge in [-0.3, -0.25) is 0 Å². The molecule has 67 heavy (non-hydrogen) atoms. The molecule has 3 nitrogen and oxygen atoms in total. The summed E-state index contributed by atoms with van der Waals surface area (Å²) >= 11 is 3.79. The molecule has 10 aromatic rings. The molecule has 2 unspecified atom stereocenters. The second kappa shape index (κ2) is 13.9. The van der Waals surface area contributed by atoms with Crippen LogP contribution < -0.4 is 31.1 Å². The van der Waals surface area contributed by atoms with Crippen molar-refractivity contribution >= 4 is 132 Å². The zero-order valence-corrected chi connectivity index (χ0v) is 40.7. The first kappa shape index (κ1) is 39.8. The predicted molar refractivity (Wildman–Crippen MR) is 292 cm³/mol. The van der Waals surface area contributed by atoms with E-state index in [0.717, 1.165) is 0 Å². The zero-order chi connectivity index (χ0) is 45.1. The molecule has 1 fully saturated rings. The summed E-state index contributed by atoms with van der Waals surface area (Å²) in [6, 6.07) is 61.3. The van der Waals surface area contributed by atoms with Gasteiger partial charge in [0.25, 0.3) is 6.71 Å². The molecular formula is C61H52BN3S2. The summed E-state index contributed by atoms with van der Waals surface area (Å²) in [6.07, 6.45) is 4.90. The number of anilines is 8. The monoisotopic (exact) mass is 901 g/mol. The fourth-order valence-corrected chi connectivity index (χ4v) is 15.4. The normalized spacial score (nSPS) is 19.6. The van der Waals surface area contributed by atoms with Crippen molar-refractivity contribution in [2.45, 2.75) is 83.6 Å². The van der Waals surface area contributed by atoms with E-state index in [0.29, 0.717) is 0 Å². The lowest BCUT2D eigenvalue weighted by molar-refractivity contribution is 0.195. The number of benzene rings is 8.